The van der Waals surface area contributed by atoms with E-state index in [1.54, 1.807) is 0 Å². The molecule has 0 heterocycles. The van der Waals surface area contributed by atoms with Crippen molar-refractivity contribution in [2.45, 2.75) is 202 Å². The number of rotatable bonds is 12. The van der Waals surface area contributed by atoms with Gasteiger partial charge < -0.3 is 0 Å². The number of nitroso groups, excluding NO2 is 6. The predicted octanol–water partition coefficient (Wildman–Crippen LogP) is 14.4. The summed E-state index contributed by atoms with van der Waals surface area (Å²) < 4.78 is 0. The van der Waals surface area contributed by atoms with E-state index in [9.17, 15) is 29.4 Å². The van der Waals surface area contributed by atoms with Gasteiger partial charge in [-0.05, 0) is 141 Å². The number of allylic oxidation sites excluding steroid dienone is 12. The van der Waals surface area contributed by atoms with Crippen LogP contribution in [0.15, 0.2) is 99.4 Å². The SMILES string of the molecule is CC12CCC(C(NO)=C1N=O)C2(C)C.CC12CCC(C(NO)=C1N=O)C2(C)C.CC12CCC(C(NO)=C1N=O)C2(C)C.CC12CCC(C(NO)=C1N=O)C2(C)C.CC12CCC(C(NO)=C1N=O)C2(C)C.CC12CCC(C(NO)=C1N=O)C2(C)C.[Ag].[Ag].[Ag].[Pd].[Pd].[Pd]. The van der Waals surface area contributed by atoms with Crippen LogP contribution < -0.4 is 32.9 Å². The Morgan fingerprint density at radius 2 is 0.356 bits per heavy atom. The van der Waals surface area contributed by atoms with Gasteiger partial charge in [0.05, 0.1) is 34.2 Å². The van der Waals surface area contributed by atoms with E-state index < -0.39 is 0 Å². The number of nitrogens with one attached hydrogen (secondary N) is 6. The largest absolute Gasteiger partial charge is 0.291 e. The topological polar surface area (TPSA) is 370 Å². The van der Waals surface area contributed by atoms with Crippen LogP contribution >= 0.6 is 0 Å². The van der Waals surface area contributed by atoms with Crippen molar-refractivity contribution >= 4 is 0 Å². The molecule has 90 heavy (non-hydrogen) atoms. The molecule has 0 aliphatic heterocycles. The molecule has 12 bridgehead atoms. The molecular formula is C60H96Ag3N12O12Pd3. The molecule has 12 rings (SSSR count). The van der Waals surface area contributed by atoms with Gasteiger partial charge >= 0.3 is 0 Å². The zero-order chi connectivity index (χ0) is 63.4. The Balaban J connectivity index is 0.000000533. The van der Waals surface area contributed by atoms with E-state index in [4.69, 9.17) is 31.2 Å². The van der Waals surface area contributed by atoms with Crippen LogP contribution in [0.1, 0.15) is 202 Å². The minimum absolute atomic E-state index is 0. The smallest absolute Gasteiger partial charge is 0.113 e. The predicted molar refractivity (Wildman–Crippen MR) is 314 cm³/mol. The third-order valence-corrected chi connectivity index (χ3v) is 27.4. The van der Waals surface area contributed by atoms with E-state index in [0.717, 1.165) is 77.0 Å². The molecule has 12 aliphatic carbocycles. The molecule has 0 amide bonds. The van der Waals surface area contributed by atoms with Crippen LogP contribution in [0, 0.1) is 130 Å². The summed E-state index contributed by atoms with van der Waals surface area (Å²) in [5.74, 6) is 1.45. The van der Waals surface area contributed by atoms with Crippen molar-refractivity contribution in [3.05, 3.63) is 97.8 Å². The number of hydrogen-bond acceptors (Lipinski definition) is 24. The second kappa shape index (κ2) is 29.9. The molecule has 0 aromatic carbocycles. The minimum atomic E-state index is -0.176. The molecule has 0 aromatic heterocycles. The van der Waals surface area contributed by atoms with Crippen LogP contribution in [0.3, 0.4) is 0 Å². The number of hydrogen-bond donors (Lipinski definition) is 12. The summed E-state index contributed by atoms with van der Waals surface area (Å²) in [6.45, 7) is 38.1. The standard InChI is InChI=1S/6C10H16N2O2.3Ag.3Pd/c6*1-9(2)6-4-5-10(9,3)8(12-14)7(6)11-13;;;;;;/h6*6,11,13H,4-5H2,1-3H3;;;;;;. The molecular weight excluding hydrogens is 1720 g/mol. The molecule has 12 aliphatic rings. The van der Waals surface area contributed by atoms with E-state index in [2.05, 4.69) is 189 Å². The van der Waals surface area contributed by atoms with Gasteiger partial charge in [0.15, 0.2) is 0 Å². The summed E-state index contributed by atoms with van der Waals surface area (Å²) >= 11 is 0. The number of fused-ring (bicyclic) bond motifs is 12. The van der Waals surface area contributed by atoms with Gasteiger partial charge in [-0.25, -0.2) is 0 Å². The summed E-state index contributed by atoms with van der Waals surface area (Å²) in [5.41, 5.74) is 18.9. The van der Waals surface area contributed by atoms with Gasteiger partial charge in [0.1, 0.15) is 34.2 Å². The second-order valence-electron chi connectivity index (χ2n) is 30.7. The first-order valence-electron chi connectivity index (χ1n) is 29.8. The molecule has 0 saturated heterocycles. The van der Waals surface area contributed by atoms with Gasteiger partial charge in [0, 0.05) is 196 Å². The fraction of sp³-hybridized carbons (Fsp3) is 0.800. The summed E-state index contributed by atoms with van der Waals surface area (Å²) in [7, 11) is 0. The Labute approximate surface area is 617 Å². The fourth-order valence-electron chi connectivity index (χ4n) is 19.0. The number of nitrogens with zero attached hydrogens (tertiary/aromatic N) is 6. The van der Waals surface area contributed by atoms with E-state index in [1.165, 1.54) is 0 Å². The van der Waals surface area contributed by atoms with Crippen LogP contribution in [0.2, 0.25) is 0 Å². The van der Waals surface area contributed by atoms with Crippen molar-refractivity contribution in [1.29, 1.82) is 0 Å². The van der Waals surface area contributed by atoms with Crippen molar-refractivity contribution < 1.29 is 160 Å². The van der Waals surface area contributed by atoms with Crippen molar-refractivity contribution in [1.82, 2.24) is 32.9 Å². The number of hydroxylamine groups is 6. The van der Waals surface area contributed by atoms with Crippen LogP contribution in [-0.2, 0) is 128 Å². The zero-order valence-electron chi connectivity index (χ0n) is 54.6. The van der Waals surface area contributed by atoms with E-state index >= 15 is 0 Å². The van der Waals surface area contributed by atoms with Crippen molar-refractivity contribution in [2.24, 2.45) is 132 Å². The van der Waals surface area contributed by atoms with E-state index in [0.29, 0.717) is 68.4 Å². The normalized spacial score (nSPS) is 36.4. The van der Waals surface area contributed by atoms with Crippen LogP contribution in [-0.4, -0.2) is 31.2 Å². The van der Waals surface area contributed by atoms with Crippen LogP contribution in [0.4, 0.5) is 0 Å². The molecule has 6 fully saturated rings. The molecule has 0 spiro atoms. The third kappa shape index (κ3) is 11.8. The summed E-state index contributed by atoms with van der Waals surface area (Å²) in [4.78, 5) is 64.8. The van der Waals surface area contributed by atoms with Gasteiger partial charge in [-0.2, -0.15) is 0 Å². The van der Waals surface area contributed by atoms with Crippen LogP contribution in [0.5, 0.6) is 0 Å². The van der Waals surface area contributed by atoms with Gasteiger partial charge in [-0.15, -0.1) is 29.4 Å². The van der Waals surface area contributed by atoms with Crippen molar-refractivity contribution in [3.63, 3.8) is 0 Å². The second-order valence-corrected chi connectivity index (χ2v) is 30.7. The summed E-state index contributed by atoms with van der Waals surface area (Å²) in [6, 6.07) is 0. The Morgan fingerprint density at radius 3 is 0.422 bits per heavy atom. The molecule has 12 N–H and O–H groups in total. The Kier molecular flexibility index (Phi) is 28.8. The average molecular weight is 1820 g/mol. The molecule has 30 heteroatoms. The maximum atomic E-state index is 10.8. The molecule has 0 aromatic rings. The van der Waals surface area contributed by atoms with Gasteiger partial charge in [0.2, 0.25) is 0 Å². The molecule has 3 radical (unpaired) electrons. The Bertz CT molecular complexity index is 2470. The zero-order valence-corrected chi connectivity index (χ0v) is 63.7. The van der Waals surface area contributed by atoms with Crippen molar-refractivity contribution in [3.8, 4) is 0 Å². The van der Waals surface area contributed by atoms with Gasteiger partial charge in [-0.1, -0.05) is 125 Å². The maximum Gasteiger partial charge on any atom is 0.113 e. The molecule has 531 valence electrons. The van der Waals surface area contributed by atoms with E-state index in [-0.39, 0.29) is 229 Å². The van der Waals surface area contributed by atoms with E-state index in [1.807, 2.05) is 0 Å². The van der Waals surface area contributed by atoms with Gasteiger partial charge in [0.25, 0.3) is 0 Å². The maximum absolute atomic E-state index is 10.8. The Morgan fingerprint density at radius 1 is 0.256 bits per heavy atom. The first-order chi connectivity index (χ1) is 38.9. The molecule has 6 saturated carbocycles. The van der Waals surface area contributed by atoms with Crippen LogP contribution in [0.25, 0.3) is 0 Å². The Hall–Kier alpha value is -1.19. The van der Waals surface area contributed by atoms with Crippen molar-refractivity contribution in [2.75, 3.05) is 0 Å². The van der Waals surface area contributed by atoms with Gasteiger partial charge in [-0.3, -0.25) is 64.1 Å². The fourth-order valence-corrected chi connectivity index (χ4v) is 19.0. The molecule has 24 nitrogen and oxygen atoms in total. The molecule has 12 unspecified atom stereocenters. The monoisotopic (exact) mass is 1820 g/mol. The average Bonchev–Trinajstić information content (AvgIpc) is 1.63. The quantitative estimate of drug-likeness (QED) is 0.0490. The third-order valence-electron chi connectivity index (χ3n) is 27.4. The summed E-state index contributed by atoms with van der Waals surface area (Å²) in [5, 5.41) is 72.8. The first kappa shape index (κ1) is 86.8. The first-order valence-corrected chi connectivity index (χ1v) is 29.8. The summed E-state index contributed by atoms with van der Waals surface area (Å²) in [6.07, 6.45) is 12.0. The molecule has 12 atom stereocenters. The minimum Gasteiger partial charge on any atom is -0.291 e.